The molecule has 0 unspecified atom stereocenters. The topological polar surface area (TPSA) is 42.5 Å². The van der Waals surface area contributed by atoms with E-state index < -0.39 is 0 Å². The van der Waals surface area contributed by atoms with Crippen molar-refractivity contribution in [3.8, 4) is 10.6 Å². The van der Waals surface area contributed by atoms with Crippen LogP contribution in [0.2, 0.25) is 0 Å². The van der Waals surface area contributed by atoms with Crippen molar-refractivity contribution in [3.05, 3.63) is 70.4 Å². The van der Waals surface area contributed by atoms with Gasteiger partial charge in [0.15, 0.2) is 0 Å². The highest BCUT2D eigenvalue weighted by atomic mass is 32.1. The maximum Gasteiger partial charge on any atom is 0.206 e. The molecule has 3 aromatic heterocycles. The predicted molar refractivity (Wildman–Crippen MR) is 98.1 cm³/mol. The molecule has 0 spiro atoms. The Morgan fingerprint density at radius 3 is 2.96 bits per heavy atom. The van der Waals surface area contributed by atoms with Crippen LogP contribution in [0.15, 0.2) is 70.2 Å². The highest BCUT2D eigenvalue weighted by Crippen LogP contribution is 2.25. The van der Waals surface area contributed by atoms with Crippen molar-refractivity contribution < 1.29 is 0 Å². The molecular formula is C17H16N4S2. The molecule has 0 radical (unpaired) electrons. The Morgan fingerprint density at radius 1 is 1.35 bits per heavy atom. The van der Waals surface area contributed by atoms with Gasteiger partial charge in [-0.05, 0) is 24.4 Å². The van der Waals surface area contributed by atoms with Crippen molar-refractivity contribution in [1.82, 2.24) is 9.66 Å². The third-order valence-electron chi connectivity index (χ3n) is 3.14. The minimum atomic E-state index is 0.575. The Morgan fingerprint density at radius 2 is 2.26 bits per heavy atom. The van der Waals surface area contributed by atoms with Crippen LogP contribution in [-0.2, 0) is 0 Å². The van der Waals surface area contributed by atoms with E-state index in [4.69, 9.17) is 5.10 Å². The number of thiazole rings is 1. The Kier molecular flexibility index (Phi) is 4.95. The van der Waals surface area contributed by atoms with Crippen LogP contribution < -0.4 is 4.80 Å². The second-order valence-electron chi connectivity index (χ2n) is 4.75. The summed E-state index contributed by atoms with van der Waals surface area (Å²) in [6.07, 6.45) is 5.36. The van der Waals surface area contributed by atoms with Gasteiger partial charge < -0.3 is 0 Å². The first-order valence-electron chi connectivity index (χ1n) is 7.11. The van der Waals surface area contributed by atoms with Gasteiger partial charge in [-0.15, -0.1) is 29.3 Å². The van der Waals surface area contributed by atoms with Gasteiger partial charge in [-0.25, -0.2) is 4.68 Å². The predicted octanol–water partition coefficient (Wildman–Crippen LogP) is 4.03. The van der Waals surface area contributed by atoms with Crippen molar-refractivity contribution >= 4 is 28.4 Å². The summed E-state index contributed by atoms with van der Waals surface area (Å²) in [4.78, 5) is 10.7. The third kappa shape index (κ3) is 3.55. The smallest absolute Gasteiger partial charge is 0.206 e. The molecule has 0 fully saturated rings. The van der Waals surface area contributed by atoms with Crippen molar-refractivity contribution in [3.63, 3.8) is 0 Å². The van der Waals surface area contributed by atoms with Crippen molar-refractivity contribution in [2.24, 2.45) is 10.1 Å². The zero-order chi connectivity index (χ0) is 16.1. The molecule has 0 aromatic carbocycles. The fourth-order valence-electron chi connectivity index (χ4n) is 2.03. The number of aromatic nitrogens is 2. The van der Waals surface area contributed by atoms with Crippen molar-refractivity contribution in [2.75, 3.05) is 6.54 Å². The van der Waals surface area contributed by atoms with E-state index in [-0.39, 0.29) is 0 Å². The minimum Gasteiger partial charge on any atom is -0.264 e. The number of nitrogens with zero attached hydrogens (tertiary/aromatic N) is 4. The molecule has 0 aliphatic carbocycles. The van der Waals surface area contributed by atoms with Crippen LogP contribution in [0.5, 0.6) is 0 Å². The molecular weight excluding hydrogens is 324 g/mol. The summed E-state index contributed by atoms with van der Waals surface area (Å²) in [6, 6.07) is 8.05. The molecule has 23 heavy (non-hydrogen) atoms. The van der Waals surface area contributed by atoms with Crippen LogP contribution in [0.3, 0.4) is 0 Å². The molecule has 0 N–H and O–H groups in total. The van der Waals surface area contributed by atoms with Gasteiger partial charge in [0.2, 0.25) is 4.80 Å². The number of rotatable bonds is 5. The molecule has 0 atom stereocenters. The number of thiophene rings is 1. The molecule has 3 rings (SSSR count). The molecule has 0 amide bonds. The standard InChI is InChI=1S/C17H16N4S2/c1-3-8-19-17-21(15(12-23-17)16-7-5-10-22-16)20-13(2)14-6-4-9-18-11-14/h3-7,9-12H,1,8H2,2H3. The quantitative estimate of drug-likeness (QED) is 0.511. The highest BCUT2D eigenvalue weighted by molar-refractivity contribution is 7.14. The number of hydrogen-bond acceptors (Lipinski definition) is 5. The fourth-order valence-corrected chi connectivity index (χ4v) is 3.66. The number of pyridine rings is 1. The average molecular weight is 340 g/mol. The van der Waals surface area contributed by atoms with Gasteiger partial charge in [0, 0.05) is 23.3 Å². The molecule has 0 aliphatic heterocycles. The van der Waals surface area contributed by atoms with Crippen LogP contribution in [0.25, 0.3) is 10.6 Å². The lowest BCUT2D eigenvalue weighted by Crippen LogP contribution is -2.14. The summed E-state index contributed by atoms with van der Waals surface area (Å²) in [6.45, 7) is 6.29. The van der Waals surface area contributed by atoms with E-state index >= 15 is 0 Å². The monoisotopic (exact) mass is 340 g/mol. The van der Waals surface area contributed by atoms with Gasteiger partial charge in [0.05, 0.1) is 22.8 Å². The summed E-state index contributed by atoms with van der Waals surface area (Å²) in [5.41, 5.74) is 2.95. The second kappa shape index (κ2) is 7.30. The third-order valence-corrected chi connectivity index (χ3v) is 4.89. The molecule has 0 bridgehead atoms. The summed E-state index contributed by atoms with van der Waals surface area (Å²) in [7, 11) is 0. The van der Waals surface area contributed by atoms with E-state index in [0.717, 1.165) is 21.8 Å². The zero-order valence-electron chi connectivity index (χ0n) is 12.7. The van der Waals surface area contributed by atoms with Gasteiger partial charge >= 0.3 is 0 Å². The summed E-state index contributed by atoms with van der Waals surface area (Å²) < 4.78 is 1.91. The lowest BCUT2D eigenvalue weighted by molar-refractivity contribution is 0.836. The van der Waals surface area contributed by atoms with Gasteiger partial charge in [0.1, 0.15) is 0 Å². The van der Waals surface area contributed by atoms with Crippen molar-refractivity contribution in [2.45, 2.75) is 6.92 Å². The maximum absolute atomic E-state index is 4.78. The lowest BCUT2D eigenvalue weighted by Gasteiger charge is -2.04. The van der Waals surface area contributed by atoms with Gasteiger partial charge in [0.25, 0.3) is 0 Å². The lowest BCUT2D eigenvalue weighted by atomic mass is 10.2. The molecule has 0 saturated heterocycles. The van der Waals surface area contributed by atoms with Gasteiger partial charge in [-0.3, -0.25) is 9.98 Å². The zero-order valence-corrected chi connectivity index (χ0v) is 14.3. The number of hydrogen-bond donors (Lipinski definition) is 0. The van der Waals surface area contributed by atoms with Gasteiger partial charge in [-0.2, -0.15) is 5.10 Å². The summed E-state index contributed by atoms with van der Waals surface area (Å²) in [5, 5.41) is 8.94. The van der Waals surface area contributed by atoms with E-state index in [2.05, 4.69) is 33.4 Å². The van der Waals surface area contributed by atoms with Crippen molar-refractivity contribution in [1.29, 1.82) is 0 Å². The Balaban J connectivity index is 2.12. The molecule has 0 saturated carbocycles. The first-order valence-corrected chi connectivity index (χ1v) is 8.87. The normalized spacial score (nSPS) is 12.6. The van der Waals surface area contributed by atoms with E-state index in [1.54, 1.807) is 34.9 Å². The Labute approximate surface area is 142 Å². The average Bonchev–Trinajstić information content (AvgIpc) is 3.23. The molecule has 3 aromatic rings. The largest absolute Gasteiger partial charge is 0.264 e. The van der Waals surface area contributed by atoms with Crippen LogP contribution in [0, 0.1) is 0 Å². The van der Waals surface area contributed by atoms with Crippen LogP contribution in [-0.4, -0.2) is 21.9 Å². The van der Waals surface area contributed by atoms with E-state index in [0.29, 0.717) is 6.54 Å². The van der Waals surface area contributed by atoms with E-state index in [1.807, 2.05) is 36.0 Å². The van der Waals surface area contributed by atoms with Crippen LogP contribution in [0.4, 0.5) is 0 Å². The SMILES string of the molecule is C=CCN=c1scc(-c2cccs2)n1N=C(C)c1cccnc1. The highest BCUT2D eigenvalue weighted by Gasteiger charge is 2.09. The molecule has 0 aliphatic rings. The van der Waals surface area contributed by atoms with E-state index in [1.165, 1.54) is 4.88 Å². The van der Waals surface area contributed by atoms with Crippen LogP contribution >= 0.6 is 22.7 Å². The van der Waals surface area contributed by atoms with E-state index in [9.17, 15) is 0 Å². The van der Waals surface area contributed by atoms with Crippen LogP contribution in [0.1, 0.15) is 12.5 Å². The second-order valence-corrected chi connectivity index (χ2v) is 6.53. The summed E-state index contributed by atoms with van der Waals surface area (Å²) in [5.74, 6) is 0. The summed E-state index contributed by atoms with van der Waals surface area (Å²) >= 11 is 3.28. The first-order chi connectivity index (χ1) is 11.3. The molecule has 4 nitrogen and oxygen atoms in total. The minimum absolute atomic E-state index is 0.575. The first kappa shape index (κ1) is 15.6. The molecule has 3 heterocycles. The Hall–Kier alpha value is -2.31. The Bertz CT molecular complexity index is 871. The molecule has 6 heteroatoms. The maximum atomic E-state index is 4.78. The fraction of sp³-hybridized carbons (Fsp3) is 0.118. The van der Waals surface area contributed by atoms with Gasteiger partial charge in [-0.1, -0.05) is 18.2 Å². The molecule has 116 valence electrons.